The highest BCUT2D eigenvalue weighted by atomic mass is 19.1. The maximum absolute atomic E-state index is 13.5. The van der Waals surface area contributed by atoms with Gasteiger partial charge in [0.2, 0.25) is 5.95 Å². The Kier molecular flexibility index (Phi) is 4.65. The molecule has 0 unspecified atom stereocenters. The summed E-state index contributed by atoms with van der Waals surface area (Å²) in [6.07, 6.45) is 1.73. The van der Waals surface area contributed by atoms with E-state index < -0.39 is 11.4 Å². The first-order chi connectivity index (χ1) is 14.0. The van der Waals surface area contributed by atoms with E-state index in [1.165, 1.54) is 6.07 Å². The van der Waals surface area contributed by atoms with Gasteiger partial charge in [0.05, 0.1) is 39.4 Å². The Bertz CT molecular complexity index is 1210. The molecular formula is C23H18FN5. The summed E-state index contributed by atoms with van der Waals surface area (Å²) in [6.45, 7) is 3.94. The summed E-state index contributed by atoms with van der Waals surface area (Å²) in [6, 6.07) is 22.0. The molecular weight excluding hydrogens is 365 g/mol. The van der Waals surface area contributed by atoms with Gasteiger partial charge in [-0.25, -0.2) is 9.67 Å². The number of benzene rings is 1. The Morgan fingerprint density at radius 1 is 0.897 bits per heavy atom. The molecule has 0 aliphatic carbocycles. The summed E-state index contributed by atoms with van der Waals surface area (Å²) in [4.78, 5) is 8.62. The van der Waals surface area contributed by atoms with Gasteiger partial charge in [0.25, 0.3) is 0 Å². The van der Waals surface area contributed by atoms with Gasteiger partial charge in [-0.1, -0.05) is 30.3 Å². The SMILES string of the molecule is CC(C)(c1cccc(-c2cccc(F)n2)n1)c1nn(-c2ccccc2)cc1C#N. The van der Waals surface area contributed by atoms with Crippen molar-refractivity contribution in [3.05, 3.63) is 95.8 Å². The smallest absolute Gasteiger partial charge is 0.213 e. The van der Waals surface area contributed by atoms with Gasteiger partial charge in [-0.15, -0.1) is 0 Å². The zero-order chi connectivity index (χ0) is 20.4. The van der Waals surface area contributed by atoms with Crippen LogP contribution >= 0.6 is 0 Å². The number of nitriles is 1. The molecule has 0 bridgehead atoms. The fourth-order valence-corrected chi connectivity index (χ4v) is 3.23. The van der Waals surface area contributed by atoms with Gasteiger partial charge in [-0.2, -0.15) is 14.8 Å². The zero-order valence-corrected chi connectivity index (χ0v) is 16.0. The van der Waals surface area contributed by atoms with Gasteiger partial charge in [0.15, 0.2) is 0 Å². The molecule has 29 heavy (non-hydrogen) atoms. The van der Waals surface area contributed by atoms with Gasteiger partial charge < -0.3 is 0 Å². The largest absolute Gasteiger partial charge is 0.250 e. The van der Waals surface area contributed by atoms with E-state index in [2.05, 4.69) is 11.1 Å². The van der Waals surface area contributed by atoms with Crippen molar-refractivity contribution in [3.8, 4) is 23.1 Å². The minimum absolute atomic E-state index is 0.456. The molecule has 0 saturated carbocycles. The van der Waals surface area contributed by atoms with E-state index in [-0.39, 0.29) is 0 Å². The van der Waals surface area contributed by atoms with Gasteiger partial charge in [-0.05, 0) is 50.2 Å². The van der Waals surface area contributed by atoms with E-state index in [4.69, 9.17) is 10.1 Å². The lowest BCUT2D eigenvalue weighted by Crippen LogP contribution is -2.23. The molecule has 0 fully saturated rings. The zero-order valence-electron chi connectivity index (χ0n) is 16.0. The van der Waals surface area contributed by atoms with Crippen molar-refractivity contribution in [2.24, 2.45) is 0 Å². The first kappa shape index (κ1) is 18.5. The summed E-state index contributed by atoms with van der Waals surface area (Å²) >= 11 is 0. The van der Waals surface area contributed by atoms with Crippen LogP contribution in [0.5, 0.6) is 0 Å². The molecule has 1 aromatic carbocycles. The summed E-state index contributed by atoms with van der Waals surface area (Å²) in [5.74, 6) is -0.553. The summed E-state index contributed by atoms with van der Waals surface area (Å²) < 4.78 is 15.2. The average molecular weight is 383 g/mol. The van der Waals surface area contributed by atoms with E-state index in [0.29, 0.717) is 22.6 Å². The summed E-state index contributed by atoms with van der Waals surface area (Å²) in [5, 5.41) is 14.4. The lowest BCUT2D eigenvalue weighted by Gasteiger charge is -2.23. The van der Waals surface area contributed by atoms with Crippen molar-refractivity contribution in [3.63, 3.8) is 0 Å². The minimum Gasteiger partial charge on any atom is -0.250 e. The van der Waals surface area contributed by atoms with Gasteiger partial charge >= 0.3 is 0 Å². The predicted octanol–water partition coefficient (Wildman–Crippen LogP) is 4.67. The van der Waals surface area contributed by atoms with Crippen LogP contribution in [0.15, 0.2) is 72.9 Å². The first-order valence-corrected chi connectivity index (χ1v) is 9.15. The van der Waals surface area contributed by atoms with Crippen molar-refractivity contribution in [1.29, 1.82) is 5.26 Å². The normalized spacial score (nSPS) is 11.2. The molecule has 0 N–H and O–H groups in total. The molecule has 0 radical (unpaired) electrons. The molecule has 0 spiro atoms. The summed E-state index contributed by atoms with van der Waals surface area (Å²) in [7, 11) is 0. The number of halogens is 1. The van der Waals surface area contributed by atoms with E-state index in [9.17, 15) is 9.65 Å². The molecule has 0 atom stereocenters. The lowest BCUT2D eigenvalue weighted by atomic mass is 9.83. The number of nitrogens with zero attached hydrogens (tertiary/aromatic N) is 5. The Morgan fingerprint density at radius 3 is 2.28 bits per heavy atom. The molecule has 3 heterocycles. The van der Waals surface area contributed by atoms with Gasteiger partial charge in [0.1, 0.15) is 6.07 Å². The first-order valence-electron chi connectivity index (χ1n) is 9.15. The molecule has 0 saturated heterocycles. The third-order valence-electron chi connectivity index (χ3n) is 4.81. The van der Waals surface area contributed by atoms with E-state index in [1.807, 2.05) is 56.3 Å². The summed E-state index contributed by atoms with van der Waals surface area (Å²) in [5.41, 5.74) is 3.08. The quantitative estimate of drug-likeness (QED) is 0.481. The lowest BCUT2D eigenvalue weighted by molar-refractivity contribution is 0.581. The molecule has 0 aliphatic rings. The number of hydrogen-bond acceptors (Lipinski definition) is 4. The Labute approximate surface area is 168 Å². The minimum atomic E-state index is -0.644. The second-order valence-electron chi connectivity index (χ2n) is 7.16. The van der Waals surface area contributed by atoms with Crippen LogP contribution in [0.2, 0.25) is 0 Å². The van der Waals surface area contributed by atoms with Crippen LogP contribution in [0.1, 0.15) is 30.8 Å². The fourth-order valence-electron chi connectivity index (χ4n) is 3.23. The maximum atomic E-state index is 13.5. The molecule has 4 rings (SSSR count). The van der Waals surface area contributed by atoms with Crippen molar-refractivity contribution in [1.82, 2.24) is 19.7 Å². The Hall–Kier alpha value is -3.85. The van der Waals surface area contributed by atoms with Crippen molar-refractivity contribution >= 4 is 0 Å². The molecule has 0 amide bonds. The third kappa shape index (κ3) is 3.50. The van der Waals surface area contributed by atoms with Crippen LogP contribution in [0.4, 0.5) is 4.39 Å². The maximum Gasteiger partial charge on any atom is 0.213 e. The number of para-hydroxylation sites is 1. The number of aromatic nitrogens is 4. The molecule has 6 heteroatoms. The molecule has 3 aromatic heterocycles. The number of rotatable bonds is 4. The van der Waals surface area contributed by atoms with Crippen molar-refractivity contribution < 1.29 is 4.39 Å². The van der Waals surface area contributed by atoms with E-state index in [0.717, 1.165) is 11.4 Å². The van der Waals surface area contributed by atoms with Crippen molar-refractivity contribution in [2.45, 2.75) is 19.3 Å². The van der Waals surface area contributed by atoms with Gasteiger partial charge in [-0.3, -0.25) is 4.98 Å². The second kappa shape index (κ2) is 7.28. The molecule has 4 aromatic rings. The van der Waals surface area contributed by atoms with Crippen LogP contribution in [0.25, 0.3) is 17.1 Å². The van der Waals surface area contributed by atoms with Gasteiger partial charge in [0, 0.05) is 6.20 Å². The Morgan fingerprint density at radius 2 is 1.59 bits per heavy atom. The number of hydrogen-bond donors (Lipinski definition) is 0. The topological polar surface area (TPSA) is 67.4 Å². The fraction of sp³-hybridized carbons (Fsp3) is 0.130. The van der Waals surface area contributed by atoms with E-state index in [1.54, 1.807) is 29.1 Å². The Balaban J connectivity index is 1.79. The monoisotopic (exact) mass is 383 g/mol. The second-order valence-corrected chi connectivity index (χ2v) is 7.16. The van der Waals surface area contributed by atoms with Crippen molar-refractivity contribution in [2.75, 3.05) is 0 Å². The third-order valence-corrected chi connectivity index (χ3v) is 4.81. The molecule has 142 valence electrons. The van der Waals surface area contributed by atoms with Crippen LogP contribution in [0, 0.1) is 17.3 Å². The van der Waals surface area contributed by atoms with E-state index >= 15 is 0 Å². The van der Waals surface area contributed by atoms with Crippen LogP contribution < -0.4 is 0 Å². The highest BCUT2D eigenvalue weighted by molar-refractivity contribution is 5.55. The van der Waals surface area contributed by atoms with Crippen LogP contribution in [-0.2, 0) is 5.41 Å². The highest BCUT2D eigenvalue weighted by Gasteiger charge is 2.31. The highest BCUT2D eigenvalue weighted by Crippen LogP contribution is 2.33. The average Bonchev–Trinajstić information content (AvgIpc) is 3.20. The number of pyridine rings is 2. The predicted molar refractivity (Wildman–Crippen MR) is 108 cm³/mol. The van der Waals surface area contributed by atoms with Crippen LogP contribution in [0.3, 0.4) is 0 Å². The molecule has 0 aliphatic heterocycles. The standard InChI is InChI=1S/C23H18FN5/c1-23(2,20-12-6-10-18(26-20)19-11-7-13-21(24)27-19)22-16(14-25)15-29(28-22)17-8-4-3-5-9-17/h3-13,15H,1-2H3. The molecule has 5 nitrogen and oxygen atoms in total. The van der Waals surface area contributed by atoms with Crippen LogP contribution in [-0.4, -0.2) is 19.7 Å².